The van der Waals surface area contributed by atoms with Crippen LogP contribution >= 0.6 is 12.2 Å². The van der Waals surface area contributed by atoms with Gasteiger partial charge in [-0.25, -0.2) is 4.39 Å². The minimum atomic E-state index is -0.293. The van der Waals surface area contributed by atoms with Crippen molar-refractivity contribution in [2.24, 2.45) is 0 Å². The summed E-state index contributed by atoms with van der Waals surface area (Å²) in [6.07, 6.45) is 1.65. The predicted octanol–water partition coefficient (Wildman–Crippen LogP) is 2.62. The highest BCUT2D eigenvalue weighted by Crippen LogP contribution is 2.17. The van der Waals surface area contributed by atoms with E-state index in [9.17, 15) is 9.18 Å². The van der Waals surface area contributed by atoms with Crippen molar-refractivity contribution in [1.82, 2.24) is 21.2 Å². The van der Waals surface area contributed by atoms with Crippen LogP contribution in [0.4, 0.5) is 4.39 Å². The van der Waals surface area contributed by atoms with Gasteiger partial charge < -0.3 is 10.3 Å². The summed E-state index contributed by atoms with van der Waals surface area (Å²) in [4.78, 5) is 15.3. The van der Waals surface area contributed by atoms with Crippen LogP contribution in [0.1, 0.15) is 15.9 Å². The standard InChI is InChI=1S/C17H15FN4OS/c18-12-7-5-11(6-8-12)9-20-17(24)22-21-16(23)14-10-19-15-4-2-1-3-13(14)15/h1-8,10,19H,9H2,(H,21,23)(H2,20,22,24). The number of H-pyrrole nitrogens is 1. The van der Waals surface area contributed by atoms with Crippen LogP contribution in [-0.2, 0) is 6.54 Å². The van der Waals surface area contributed by atoms with Crippen molar-refractivity contribution in [3.05, 3.63) is 71.7 Å². The second-order valence-electron chi connectivity index (χ2n) is 5.14. The zero-order valence-electron chi connectivity index (χ0n) is 12.6. The van der Waals surface area contributed by atoms with Gasteiger partial charge in [-0.2, -0.15) is 0 Å². The fourth-order valence-corrected chi connectivity index (χ4v) is 2.39. The average molecular weight is 342 g/mol. The number of thiocarbonyl (C=S) groups is 1. The summed E-state index contributed by atoms with van der Waals surface area (Å²) < 4.78 is 12.8. The van der Waals surface area contributed by atoms with Gasteiger partial charge in [-0.15, -0.1) is 0 Å². The third kappa shape index (κ3) is 3.69. The fraction of sp³-hybridized carbons (Fsp3) is 0.0588. The molecule has 0 fully saturated rings. The number of aromatic amines is 1. The lowest BCUT2D eigenvalue weighted by Crippen LogP contribution is -2.46. The number of halogens is 1. The number of rotatable bonds is 3. The summed E-state index contributed by atoms with van der Waals surface area (Å²) in [7, 11) is 0. The van der Waals surface area contributed by atoms with Crippen LogP contribution in [-0.4, -0.2) is 16.0 Å². The first-order chi connectivity index (χ1) is 11.6. The molecule has 0 saturated heterocycles. The maximum atomic E-state index is 12.8. The molecule has 0 bridgehead atoms. The zero-order chi connectivity index (χ0) is 16.9. The van der Waals surface area contributed by atoms with Crippen LogP contribution in [0.3, 0.4) is 0 Å². The first kappa shape index (κ1) is 15.9. The second kappa shape index (κ2) is 7.10. The van der Waals surface area contributed by atoms with Crippen molar-refractivity contribution in [2.75, 3.05) is 0 Å². The van der Waals surface area contributed by atoms with Gasteiger partial charge in [0.2, 0.25) is 0 Å². The van der Waals surface area contributed by atoms with Crippen molar-refractivity contribution in [3.8, 4) is 0 Å². The van der Waals surface area contributed by atoms with E-state index >= 15 is 0 Å². The first-order valence-electron chi connectivity index (χ1n) is 7.28. The molecule has 1 heterocycles. The van der Waals surface area contributed by atoms with Gasteiger partial charge in [-0.1, -0.05) is 30.3 Å². The van der Waals surface area contributed by atoms with Crippen LogP contribution in [0.15, 0.2) is 54.7 Å². The number of hydrazine groups is 1. The Morgan fingerprint density at radius 3 is 2.62 bits per heavy atom. The van der Waals surface area contributed by atoms with Crippen LogP contribution < -0.4 is 16.2 Å². The van der Waals surface area contributed by atoms with Crippen LogP contribution in [0.25, 0.3) is 10.9 Å². The molecule has 0 radical (unpaired) electrons. The molecule has 122 valence electrons. The molecule has 5 nitrogen and oxygen atoms in total. The third-order valence-electron chi connectivity index (χ3n) is 3.49. The second-order valence-corrected chi connectivity index (χ2v) is 5.54. The van der Waals surface area contributed by atoms with E-state index in [2.05, 4.69) is 21.2 Å². The number of fused-ring (bicyclic) bond motifs is 1. The summed E-state index contributed by atoms with van der Waals surface area (Å²) in [5.41, 5.74) is 7.49. The molecule has 0 aliphatic carbocycles. The SMILES string of the molecule is O=C(NNC(=S)NCc1ccc(F)cc1)c1c[nH]c2ccccc12. The van der Waals surface area contributed by atoms with Crippen molar-refractivity contribution < 1.29 is 9.18 Å². The molecule has 3 aromatic rings. The lowest BCUT2D eigenvalue weighted by atomic mass is 10.2. The number of hydrogen-bond acceptors (Lipinski definition) is 2. The van der Waals surface area contributed by atoms with Gasteiger partial charge in [-0.05, 0) is 36.0 Å². The Kier molecular flexibility index (Phi) is 4.72. The van der Waals surface area contributed by atoms with Gasteiger partial charge in [-0.3, -0.25) is 15.6 Å². The van der Waals surface area contributed by atoms with E-state index in [1.54, 1.807) is 18.3 Å². The molecule has 0 spiro atoms. The third-order valence-corrected chi connectivity index (χ3v) is 3.74. The Balaban J connectivity index is 1.52. The average Bonchev–Trinajstić information content (AvgIpc) is 3.03. The molecule has 4 N–H and O–H groups in total. The summed E-state index contributed by atoms with van der Waals surface area (Å²) in [6.45, 7) is 0.426. The van der Waals surface area contributed by atoms with Crippen LogP contribution in [0.2, 0.25) is 0 Å². The van der Waals surface area contributed by atoms with Crippen LogP contribution in [0, 0.1) is 5.82 Å². The van der Waals surface area contributed by atoms with E-state index < -0.39 is 0 Å². The van der Waals surface area contributed by atoms with E-state index in [4.69, 9.17) is 12.2 Å². The number of aromatic nitrogens is 1. The summed E-state index contributed by atoms with van der Waals surface area (Å²) in [6, 6.07) is 13.6. The maximum absolute atomic E-state index is 12.8. The topological polar surface area (TPSA) is 69.0 Å². The van der Waals surface area contributed by atoms with Crippen molar-refractivity contribution in [2.45, 2.75) is 6.54 Å². The number of benzene rings is 2. The Morgan fingerprint density at radius 1 is 1.08 bits per heavy atom. The molecular weight excluding hydrogens is 327 g/mol. The number of carbonyl (C=O) groups excluding carboxylic acids is 1. The Morgan fingerprint density at radius 2 is 1.83 bits per heavy atom. The van der Waals surface area contributed by atoms with E-state index in [0.717, 1.165) is 16.5 Å². The lowest BCUT2D eigenvalue weighted by Gasteiger charge is -2.11. The number of para-hydroxylation sites is 1. The van der Waals surface area contributed by atoms with E-state index in [0.29, 0.717) is 12.1 Å². The van der Waals surface area contributed by atoms with Gasteiger partial charge in [0.15, 0.2) is 5.11 Å². The highest BCUT2D eigenvalue weighted by atomic mass is 32.1. The monoisotopic (exact) mass is 342 g/mol. The minimum Gasteiger partial charge on any atom is -0.360 e. The quantitative estimate of drug-likeness (QED) is 0.436. The summed E-state index contributed by atoms with van der Waals surface area (Å²) in [5.74, 6) is -0.580. The molecule has 0 unspecified atom stereocenters. The minimum absolute atomic E-state index is 0.271. The highest BCUT2D eigenvalue weighted by molar-refractivity contribution is 7.80. The number of amides is 1. The summed E-state index contributed by atoms with van der Waals surface area (Å²) >= 11 is 5.10. The molecule has 0 atom stereocenters. The van der Waals surface area contributed by atoms with Gasteiger partial charge in [0.25, 0.3) is 5.91 Å². The molecule has 24 heavy (non-hydrogen) atoms. The molecule has 2 aromatic carbocycles. The Labute approximate surface area is 143 Å². The molecule has 0 aliphatic rings. The maximum Gasteiger partial charge on any atom is 0.271 e. The van der Waals surface area contributed by atoms with Gasteiger partial charge in [0, 0.05) is 23.6 Å². The van der Waals surface area contributed by atoms with Crippen LogP contribution in [0.5, 0.6) is 0 Å². The van der Waals surface area contributed by atoms with Gasteiger partial charge in [0.05, 0.1) is 5.56 Å². The molecular formula is C17H15FN4OS. The lowest BCUT2D eigenvalue weighted by molar-refractivity contribution is 0.0945. The zero-order valence-corrected chi connectivity index (χ0v) is 13.4. The van der Waals surface area contributed by atoms with Crippen molar-refractivity contribution in [3.63, 3.8) is 0 Å². The normalized spacial score (nSPS) is 10.4. The molecule has 3 rings (SSSR count). The van der Waals surface area contributed by atoms with E-state index in [1.807, 2.05) is 24.3 Å². The number of hydrogen-bond donors (Lipinski definition) is 4. The van der Waals surface area contributed by atoms with Crippen molar-refractivity contribution in [1.29, 1.82) is 0 Å². The Bertz CT molecular complexity index is 876. The largest absolute Gasteiger partial charge is 0.360 e. The number of carbonyl (C=O) groups is 1. The van der Waals surface area contributed by atoms with Crippen molar-refractivity contribution >= 4 is 34.1 Å². The van der Waals surface area contributed by atoms with E-state index in [1.165, 1.54) is 12.1 Å². The molecule has 0 aliphatic heterocycles. The smallest absolute Gasteiger partial charge is 0.271 e. The predicted molar refractivity (Wildman–Crippen MR) is 94.7 cm³/mol. The molecule has 1 amide bonds. The summed E-state index contributed by atoms with van der Waals surface area (Å²) in [5, 5.41) is 4.04. The van der Waals surface area contributed by atoms with Gasteiger partial charge >= 0.3 is 0 Å². The number of nitrogens with one attached hydrogen (secondary N) is 4. The molecule has 7 heteroatoms. The molecule has 1 aromatic heterocycles. The molecule has 0 saturated carbocycles. The van der Waals surface area contributed by atoms with Gasteiger partial charge in [0.1, 0.15) is 5.82 Å². The first-order valence-corrected chi connectivity index (χ1v) is 7.69. The van der Waals surface area contributed by atoms with E-state index in [-0.39, 0.29) is 16.8 Å². The highest BCUT2D eigenvalue weighted by Gasteiger charge is 2.11. The Hall–Kier alpha value is -2.93. The fourth-order valence-electron chi connectivity index (χ4n) is 2.27.